The van der Waals surface area contributed by atoms with Gasteiger partial charge in [0.1, 0.15) is 0 Å². The predicted octanol–water partition coefficient (Wildman–Crippen LogP) is 2.35. The van der Waals surface area contributed by atoms with E-state index in [1.165, 1.54) is 32.4 Å². The van der Waals surface area contributed by atoms with Gasteiger partial charge in [-0.25, -0.2) is 0 Å². The molecule has 0 aliphatic carbocycles. The second kappa shape index (κ2) is 7.24. The molecule has 0 aromatic rings. The molecule has 2 nitrogen and oxygen atoms in total. The molecule has 0 radical (unpaired) electrons. The highest BCUT2D eigenvalue weighted by molar-refractivity contribution is 4.66. The van der Waals surface area contributed by atoms with Crippen LogP contribution in [-0.2, 0) is 0 Å². The van der Waals surface area contributed by atoms with Crippen LogP contribution in [-0.4, -0.2) is 38.6 Å². The van der Waals surface area contributed by atoms with E-state index >= 15 is 0 Å². The van der Waals surface area contributed by atoms with Crippen molar-refractivity contribution in [3.05, 3.63) is 0 Å². The van der Waals surface area contributed by atoms with Crippen LogP contribution in [0.5, 0.6) is 0 Å². The third kappa shape index (κ3) is 10.0. The molecule has 0 saturated carbocycles. The number of unbranched alkanes of at least 4 members (excludes halogenated alkanes) is 2. The molecule has 0 saturated heterocycles. The lowest BCUT2D eigenvalue weighted by Gasteiger charge is -2.26. The zero-order chi connectivity index (χ0) is 11.0. The van der Waals surface area contributed by atoms with Gasteiger partial charge < -0.3 is 10.2 Å². The summed E-state index contributed by atoms with van der Waals surface area (Å²) in [5, 5.41) is 3.18. The molecule has 0 aliphatic heterocycles. The summed E-state index contributed by atoms with van der Waals surface area (Å²) in [7, 11) is 4.25. The van der Waals surface area contributed by atoms with Crippen molar-refractivity contribution in [2.75, 3.05) is 33.7 Å². The summed E-state index contributed by atoms with van der Waals surface area (Å²) in [5.74, 6) is 0. The molecular formula is C12H28N2. The molecule has 0 atom stereocenters. The molecule has 0 aliphatic rings. The maximum Gasteiger partial charge on any atom is 0.00270 e. The van der Waals surface area contributed by atoms with Crippen molar-refractivity contribution in [3.63, 3.8) is 0 Å². The number of hydrogen-bond acceptors (Lipinski definition) is 2. The first-order chi connectivity index (χ1) is 6.45. The van der Waals surface area contributed by atoms with Gasteiger partial charge in [-0.2, -0.15) is 0 Å². The molecule has 0 heterocycles. The minimum Gasteiger partial charge on any atom is -0.320 e. The van der Waals surface area contributed by atoms with Gasteiger partial charge >= 0.3 is 0 Å². The van der Waals surface area contributed by atoms with Crippen LogP contribution in [0.25, 0.3) is 0 Å². The van der Waals surface area contributed by atoms with Gasteiger partial charge in [-0.3, -0.25) is 0 Å². The van der Waals surface area contributed by atoms with Gasteiger partial charge in [0.2, 0.25) is 0 Å². The Bertz CT molecular complexity index is 127. The van der Waals surface area contributed by atoms with Crippen LogP contribution in [0.3, 0.4) is 0 Å². The zero-order valence-electron chi connectivity index (χ0n) is 10.7. The number of hydrogen-bond donors (Lipinski definition) is 1. The fourth-order valence-corrected chi connectivity index (χ4v) is 1.75. The summed E-state index contributed by atoms with van der Waals surface area (Å²) >= 11 is 0. The fourth-order valence-electron chi connectivity index (χ4n) is 1.75. The molecule has 0 spiro atoms. The van der Waals surface area contributed by atoms with Gasteiger partial charge in [0.05, 0.1) is 0 Å². The van der Waals surface area contributed by atoms with E-state index in [4.69, 9.17) is 0 Å². The lowest BCUT2D eigenvalue weighted by atomic mass is 9.96. The van der Waals surface area contributed by atoms with Gasteiger partial charge in [-0.1, -0.05) is 27.2 Å². The minimum absolute atomic E-state index is 0.430. The Kier molecular flexibility index (Phi) is 7.20. The Labute approximate surface area is 90.1 Å². The molecule has 0 bridgehead atoms. The van der Waals surface area contributed by atoms with E-state index in [1.54, 1.807) is 0 Å². The van der Waals surface area contributed by atoms with E-state index in [-0.39, 0.29) is 0 Å². The molecule has 0 rings (SSSR count). The maximum absolute atomic E-state index is 3.18. The van der Waals surface area contributed by atoms with E-state index < -0.39 is 0 Å². The van der Waals surface area contributed by atoms with Crippen molar-refractivity contribution in [2.45, 2.75) is 40.0 Å². The van der Waals surface area contributed by atoms with Crippen LogP contribution in [0.4, 0.5) is 0 Å². The normalized spacial score (nSPS) is 12.4. The summed E-state index contributed by atoms with van der Waals surface area (Å²) in [6, 6.07) is 0. The van der Waals surface area contributed by atoms with Gasteiger partial charge in [-0.15, -0.1) is 0 Å². The van der Waals surface area contributed by atoms with Crippen LogP contribution in [0.2, 0.25) is 0 Å². The van der Waals surface area contributed by atoms with Crippen LogP contribution in [0.1, 0.15) is 40.0 Å². The molecule has 0 amide bonds. The van der Waals surface area contributed by atoms with Crippen LogP contribution in [0, 0.1) is 5.41 Å². The van der Waals surface area contributed by atoms with Crippen molar-refractivity contribution in [2.24, 2.45) is 5.41 Å². The molecule has 0 aromatic carbocycles. The second-order valence-corrected chi connectivity index (χ2v) is 5.46. The molecular weight excluding hydrogens is 172 g/mol. The Morgan fingerprint density at radius 2 is 1.71 bits per heavy atom. The Hall–Kier alpha value is -0.0800. The van der Waals surface area contributed by atoms with Crippen molar-refractivity contribution < 1.29 is 0 Å². The van der Waals surface area contributed by atoms with E-state index in [1.807, 2.05) is 7.05 Å². The average Bonchev–Trinajstić information content (AvgIpc) is 2.00. The van der Waals surface area contributed by atoms with Crippen molar-refractivity contribution in [1.82, 2.24) is 10.2 Å². The van der Waals surface area contributed by atoms with E-state index in [2.05, 4.69) is 38.0 Å². The highest BCUT2D eigenvalue weighted by atomic mass is 15.1. The van der Waals surface area contributed by atoms with Gasteiger partial charge in [0, 0.05) is 6.54 Å². The SMILES string of the molecule is CNCCCCCN(C)CC(C)(C)C. The highest BCUT2D eigenvalue weighted by Crippen LogP contribution is 2.14. The van der Waals surface area contributed by atoms with Crippen LogP contribution in [0.15, 0.2) is 0 Å². The minimum atomic E-state index is 0.430. The highest BCUT2D eigenvalue weighted by Gasteiger charge is 2.12. The Balaban J connectivity index is 3.31. The van der Waals surface area contributed by atoms with Gasteiger partial charge in [0.15, 0.2) is 0 Å². The monoisotopic (exact) mass is 200 g/mol. The second-order valence-electron chi connectivity index (χ2n) is 5.46. The Morgan fingerprint density at radius 3 is 2.21 bits per heavy atom. The molecule has 0 aromatic heterocycles. The first-order valence-corrected chi connectivity index (χ1v) is 5.79. The Morgan fingerprint density at radius 1 is 1.07 bits per heavy atom. The van der Waals surface area contributed by atoms with Gasteiger partial charge in [0.25, 0.3) is 0 Å². The smallest absolute Gasteiger partial charge is 0.00270 e. The predicted molar refractivity (Wildman–Crippen MR) is 64.7 cm³/mol. The first kappa shape index (κ1) is 13.9. The molecule has 0 fully saturated rings. The summed E-state index contributed by atoms with van der Waals surface area (Å²) in [5.41, 5.74) is 0.430. The molecule has 2 heteroatoms. The number of nitrogens with zero attached hydrogens (tertiary/aromatic N) is 1. The molecule has 0 unspecified atom stereocenters. The largest absolute Gasteiger partial charge is 0.320 e. The third-order valence-electron chi connectivity index (χ3n) is 2.21. The van der Waals surface area contributed by atoms with Gasteiger partial charge in [-0.05, 0) is 45.4 Å². The molecule has 14 heavy (non-hydrogen) atoms. The lowest BCUT2D eigenvalue weighted by Crippen LogP contribution is -2.30. The maximum atomic E-state index is 3.18. The third-order valence-corrected chi connectivity index (χ3v) is 2.21. The van der Waals surface area contributed by atoms with E-state index in [0.29, 0.717) is 5.41 Å². The van der Waals surface area contributed by atoms with E-state index in [9.17, 15) is 0 Å². The fraction of sp³-hybridized carbons (Fsp3) is 1.00. The van der Waals surface area contributed by atoms with E-state index in [0.717, 1.165) is 6.54 Å². The molecule has 86 valence electrons. The quantitative estimate of drug-likeness (QED) is 0.635. The zero-order valence-corrected chi connectivity index (χ0v) is 10.7. The average molecular weight is 200 g/mol. The number of rotatable bonds is 7. The van der Waals surface area contributed by atoms with Crippen molar-refractivity contribution in [1.29, 1.82) is 0 Å². The summed E-state index contributed by atoms with van der Waals surface area (Å²) in [6.45, 7) is 10.5. The summed E-state index contributed by atoms with van der Waals surface area (Å²) in [6.07, 6.45) is 3.98. The first-order valence-electron chi connectivity index (χ1n) is 5.79. The van der Waals surface area contributed by atoms with Crippen LogP contribution >= 0.6 is 0 Å². The van der Waals surface area contributed by atoms with Crippen molar-refractivity contribution >= 4 is 0 Å². The standard InChI is InChI=1S/C12H28N2/c1-12(2,3)11-14(5)10-8-6-7-9-13-4/h13H,6-11H2,1-5H3. The summed E-state index contributed by atoms with van der Waals surface area (Å²) < 4.78 is 0. The lowest BCUT2D eigenvalue weighted by molar-refractivity contribution is 0.223. The summed E-state index contributed by atoms with van der Waals surface area (Å²) in [4.78, 5) is 2.44. The number of nitrogens with one attached hydrogen (secondary N) is 1. The van der Waals surface area contributed by atoms with Crippen LogP contribution < -0.4 is 5.32 Å². The van der Waals surface area contributed by atoms with Crippen molar-refractivity contribution in [3.8, 4) is 0 Å². The topological polar surface area (TPSA) is 15.3 Å². The molecule has 1 N–H and O–H groups in total.